The summed E-state index contributed by atoms with van der Waals surface area (Å²) in [5.74, 6) is 1.07. The molecule has 10 heteroatoms. The van der Waals surface area contributed by atoms with Crippen LogP contribution in [0.2, 0.25) is 0 Å². The Morgan fingerprint density at radius 2 is 1.88 bits per heavy atom. The van der Waals surface area contributed by atoms with Crippen molar-refractivity contribution in [3.8, 4) is 11.3 Å². The standard InChI is InChI=1S/C24H31N7O3/c1-15-12-30(24(33)34)13-16(2)31(15)23-25-11-20-22(26-23)21(28-27-20)18-5-3-17(4-6-18)19-7-8-29(14-19)9-10-32/h3-6,11,15-16,19,32H,7-10,12-14H2,1-2H3,(H,27,28)(H,33,34)/t15-,16+,19?. The van der Waals surface area contributed by atoms with Crippen molar-refractivity contribution >= 4 is 23.1 Å². The number of rotatable bonds is 5. The topological polar surface area (TPSA) is 122 Å². The molecule has 2 fully saturated rings. The van der Waals surface area contributed by atoms with E-state index in [1.165, 1.54) is 10.5 Å². The van der Waals surface area contributed by atoms with Crippen molar-refractivity contribution in [2.45, 2.75) is 38.3 Å². The van der Waals surface area contributed by atoms with Crippen molar-refractivity contribution in [3.63, 3.8) is 0 Å². The van der Waals surface area contributed by atoms with E-state index in [0.717, 1.165) is 48.3 Å². The van der Waals surface area contributed by atoms with Crippen LogP contribution in [-0.4, -0.2) is 97.7 Å². The van der Waals surface area contributed by atoms with Gasteiger partial charge in [-0.25, -0.2) is 14.8 Å². The number of aromatic nitrogens is 4. The van der Waals surface area contributed by atoms with Crippen molar-refractivity contribution < 1.29 is 15.0 Å². The quantitative estimate of drug-likeness (QED) is 0.525. The number of nitrogens with zero attached hydrogens (tertiary/aromatic N) is 6. The summed E-state index contributed by atoms with van der Waals surface area (Å²) in [4.78, 5) is 26.7. The van der Waals surface area contributed by atoms with Crippen molar-refractivity contribution in [1.29, 1.82) is 0 Å². The van der Waals surface area contributed by atoms with Gasteiger partial charge in [0.1, 0.15) is 16.7 Å². The van der Waals surface area contributed by atoms with Gasteiger partial charge in [0.05, 0.1) is 12.8 Å². The minimum absolute atomic E-state index is 0.0382. The zero-order valence-corrected chi connectivity index (χ0v) is 19.6. The van der Waals surface area contributed by atoms with Gasteiger partial charge in [-0.15, -0.1) is 0 Å². The van der Waals surface area contributed by atoms with Gasteiger partial charge in [0.2, 0.25) is 5.95 Å². The predicted octanol–water partition coefficient (Wildman–Crippen LogP) is 2.38. The molecule has 2 aliphatic rings. The van der Waals surface area contributed by atoms with Gasteiger partial charge in [-0.05, 0) is 38.3 Å². The van der Waals surface area contributed by atoms with Crippen LogP contribution >= 0.6 is 0 Å². The minimum Gasteiger partial charge on any atom is -0.465 e. The summed E-state index contributed by atoms with van der Waals surface area (Å²) in [5.41, 5.74) is 4.60. The molecule has 3 aromatic rings. The smallest absolute Gasteiger partial charge is 0.407 e. The van der Waals surface area contributed by atoms with Gasteiger partial charge in [0, 0.05) is 43.8 Å². The number of benzene rings is 1. The Labute approximate surface area is 198 Å². The largest absolute Gasteiger partial charge is 0.465 e. The normalized spacial score (nSPS) is 23.7. The summed E-state index contributed by atoms with van der Waals surface area (Å²) in [7, 11) is 0. The third kappa shape index (κ3) is 4.19. The molecule has 1 aromatic carbocycles. The van der Waals surface area contributed by atoms with E-state index in [2.05, 4.69) is 49.2 Å². The number of piperazine rings is 1. The van der Waals surface area contributed by atoms with Gasteiger partial charge in [0.25, 0.3) is 0 Å². The third-order valence-electron chi connectivity index (χ3n) is 7.05. The Morgan fingerprint density at radius 1 is 1.15 bits per heavy atom. The number of carbonyl (C=O) groups is 1. The average Bonchev–Trinajstić information content (AvgIpc) is 3.46. The maximum absolute atomic E-state index is 11.4. The van der Waals surface area contributed by atoms with Crippen molar-refractivity contribution in [1.82, 2.24) is 30.0 Å². The molecule has 5 rings (SSSR count). The van der Waals surface area contributed by atoms with E-state index in [9.17, 15) is 15.0 Å². The van der Waals surface area contributed by atoms with Gasteiger partial charge in [0.15, 0.2) is 0 Å². The molecule has 0 saturated carbocycles. The molecule has 0 aliphatic carbocycles. The zero-order valence-electron chi connectivity index (χ0n) is 19.6. The minimum atomic E-state index is -0.894. The Balaban J connectivity index is 1.39. The third-order valence-corrected chi connectivity index (χ3v) is 7.05. The van der Waals surface area contributed by atoms with E-state index in [-0.39, 0.29) is 18.7 Å². The van der Waals surface area contributed by atoms with Gasteiger partial charge < -0.3 is 24.9 Å². The highest BCUT2D eigenvalue weighted by Gasteiger charge is 2.33. The zero-order chi connectivity index (χ0) is 23.8. The Kier molecular flexibility index (Phi) is 6.09. The highest BCUT2D eigenvalue weighted by molar-refractivity contribution is 5.89. The summed E-state index contributed by atoms with van der Waals surface area (Å²) in [6, 6.07) is 8.45. The Bertz CT molecular complexity index is 1150. The first kappa shape index (κ1) is 22.5. The fourth-order valence-electron chi connectivity index (χ4n) is 5.37. The summed E-state index contributed by atoms with van der Waals surface area (Å²) in [5, 5.41) is 26.1. The number of amides is 1. The van der Waals surface area contributed by atoms with E-state index in [1.807, 2.05) is 13.8 Å². The van der Waals surface area contributed by atoms with Crippen LogP contribution < -0.4 is 4.90 Å². The number of likely N-dealkylation sites (tertiary alicyclic amines) is 1. The van der Waals surface area contributed by atoms with Crippen LogP contribution in [0.25, 0.3) is 22.3 Å². The van der Waals surface area contributed by atoms with Crippen molar-refractivity contribution in [3.05, 3.63) is 36.0 Å². The molecule has 2 aliphatic heterocycles. The van der Waals surface area contributed by atoms with Crippen molar-refractivity contribution in [2.75, 3.05) is 44.2 Å². The molecule has 2 saturated heterocycles. The highest BCUT2D eigenvalue weighted by atomic mass is 16.4. The van der Waals surface area contributed by atoms with Crippen LogP contribution in [0.3, 0.4) is 0 Å². The van der Waals surface area contributed by atoms with Crippen LogP contribution in [0.15, 0.2) is 30.5 Å². The number of fused-ring (bicyclic) bond motifs is 1. The summed E-state index contributed by atoms with van der Waals surface area (Å²) in [6.45, 7) is 7.77. The molecular formula is C24H31N7O3. The van der Waals surface area contributed by atoms with Gasteiger partial charge in [-0.3, -0.25) is 5.10 Å². The number of hydrogen-bond acceptors (Lipinski definition) is 7. The number of nitrogens with one attached hydrogen (secondary N) is 1. The number of anilines is 1. The maximum atomic E-state index is 11.4. The maximum Gasteiger partial charge on any atom is 0.407 e. The second-order valence-electron chi connectivity index (χ2n) is 9.43. The van der Waals surface area contributed by atoms with Crippen LogP contribution in [0, 0.1) is 0 Å². The molecule has 4 heterocycles. The average molecular weight is 466 g/mol. The van der Waals surface area contributed by atoms with E-state index >= 15 is 0 Å². The van der Waals surface area contributed by atoms with E-state index in [4.69, 9.17) is 4.98 Å². The van der Waals surface area contributed by atoms with Crippen molar-refractivity contribution in [2.24, 2.45) is 0 Å². The lowest BCUT2D eigenvalue weighted by molar-refractivity contribution is 0.128. The van der Waals surface area contributed by atoms with Crippen LogP contribution in [0.4, 0.5) is 10.7 Å². The van der Waals surface area contributed by atoms with Gasteiger partial charge in [-0.1, -0.05) is 24.3 Å². The molecule has 1 amide bonds. The Hall–Kier alpha value is -3.24. The second kappa shape index (κ2) is 9.19. The van der Waals surface area contributed by atoms with Crippen LogP contribution in [0.5, 0.6) is 0 Å². The molecule has 34 heavy (non-hydrogen) atoms. The molecule has 2 aromatic heterocycles. The van der Waals surface area contributed by atoms with E-state index in [1.54, 1.807) is 6.20 Å². The van der Waals surface area contributed by atoms with Gasteiger partial charge >= 0.3 is 6.09 Å². The first-order valence-electron chi connectivity index (χ1n) is 11.9. The summed E-state index contributed by atoms with van der Waals surface area (Å²) in [6.07, 6.45) is 1.96. The fraction of sp³-hybridized carbons (Fsp3) is 0.500. The number of aliphatic hydroxyl groups is 1. The fourth-order valence-corrected chi connectivity index (χ4v) is 5.37. The summed E-state index contributed by atoms with van der Waals surface area (Å²) >= 11 is 0. The van der Waals surface area contributed by atoms with E-state index < -0.39 is 6.09 Å². The molecule has 1 unspecified atom stereocenters. The number of β-amino-alcohol motifs (C(OH)–C–C–N with tert-alkyl or cyclic N) is 1. The molecule has 3 N–H and O–H groups in total. The number of H-pyrrole nitrogens is 1. The second-order valence-corrected chi connectivity index (χ2v) is 9.43. The predicted molar refractivity (Wildman–Crippen MR) is 129 cm³/mol. The molecule has 0 spiro atoms. The van der Waals surface area contributed by atoms with Crippen LogP contribution in [-0.2, 0) is 0 Å². The van der Waals surface area contributed by atoms with Crippen LogP contribution in [0.1, 0.15) is 31.7 Å². The first-order chi connectivity index (χ1) is 16.4. The lowest BCUT2D eigenvalue weighted by Gasteiger charge is -2.43. The number of aromatic amines is 1. The highest BCUT2D eigenvalue weighted by Crippen LogP contribution is 2.31. The molecule has 180 valence electrons. The molecule has 0 radical (unpaired) electrons. The van der Waals surface area contributed by atoms with Gasteiger partial charge in [-0.2, -0.15) is 5.10 Å². The van der Waals surface area contributed by atoms with E-state index in [0.29, 0.717) is 25.0 Å². The summed E-state index contributed by atoms with van der Waals surface area (Å²) < 4.78 is 0. The molecule has 0 bridgehead atoms. The lowest BCUT2D eigenvalue weighted by atomic mass is 9.96. The Morgan fingerprint density at radius 3 is 2.56 bits per heavy atom. The SMILES string of the molecule is C[C@@H]1CN(C(=O)O)C[C@H](C)N1c1ncc2[nH]nc(-c3ccc(C4CCN(CCO)C4)cc3)c2n1. The number of aliphatic hydroxyl groups excluding tert-OH is 1. The molecular weight excluding hydrogens is 434 g/mol. The molecule has 10 nitrogen and oxygen atoms in total. The number of hydrogen-bond donors (Lipinski definition) is 3. The number of carboxylic acid groups (broad SMARTS) is 1. The molecule has 3 atom stereocenters. The lowest BCUT2D eigenvalue weighted by Crippen LogP contribution is -2.58. The first-order valence-corrected chi connectivity index (χ1v) is 11.9. The monoisotopic (exact) mass is 465 g/mol.